The van der Waals surface area contributed by atoms with Gasteiger partial charge in [-0.05, 0) is 55.0 Å². The standard InChI is InChI=1S/C26H21ClN2O5/c1-3-34-17-11-8-15(9-12-17)22-23(29-24(30)18-6-4-5-7-19(18)25(29)31)26(32)28(22)16-10-13-21(33-2)20(27)14-16/h4-14,22-23H,3H2,1-2H3/t22-,23+/m1/s1. The normalized spacial score (nSPS) is 19.2. The minimum absolute atomic E-state index is 0.302. The van der Waals surface area contributed by atoms with Crippen molar-refractivity contribution < 1.29 is 23.9 Å². The van der Waals surface area contributed by atoms with E-state index in [0.29, 0.717) is 39.9 Å². The van der Waals surface area contributed by atoms with Crippen molar-refractivity contribution in [1.82, 2.24) is 4.90 Å². The summed E-state index contributed by atoms with van der Waals surface area (Å²) in [5.41, 5.74) is 1.91. The molecule has 0 spiro atoms. The summed E-state index contributed by atoms with van der Waals surface area (Å²) in [7, 11) is 1.51. The molecule has 2 heterocycles. The number of nitrogens with zero attached hydrogens (tertiary/aromatic N) is 2. The van der Waals surface area contributed by atoms with Crippen LogP contribution in [0, 0.1) is 0 Å². The van der Waals surface area contributed by atoms with Gasteiger partial charge in [-0.15, -0.1) is 0 Å². The van der Waals surface area contributed by atoms with Crippen molar-refractivity contribution in [3.63, 3.8) is 0 Å². The molecule has 172 valence electrons. The number of anilines is 1. The smallest absolute Gasteiger partial charge is 0.262 e. The third-order valence-electron chi connectivity index (χ3n) is 6.12. The van der Waals surface area contributed by atoms with Crippen LogP contribution in [0.15, 0.2) is 66.7 Å². The van der Waals surface area contributed by atoms with E-state index in [1.54, 1.807) is 59.5 Å². The van der Waals surface area contributed by atoms with Crippen LogP contribution in [0.3, 0.4) is 0 Å². The Kier molecular flexibility index (Phi) is 5.49. The lowest BCUT2D eigenvalue weighted by molar-refractivity contribution is -0.130. The quantitative estimate of drug-likeness (QED) is 0.387. The fourth-order valence-corrected chi connectivity index (χ4v) is 4.79. The van der Waals surface area contributed by atoms with Crippen LogP contribution in [-0.2, 0) is 4.79 Å². The highest BCUT2D eigenvalue weighted by Gasteiger charge is 2.57. The number of carbonyl (C=O) groups is 3. The van der Waals surface area contributed by atoms with Crippen LogP contribution in [0.25, 0.3) is 0 Å². The van der Waals surface area contributed by atoms with Gasteiger partial charge < -0.3 is 14.4 Å². The van der Waals surface area contributed by atoms with E-state index in [1.165, 1.54) is 7.11 Å². The largest absolute Gasteiger partial charge is 0.495 e. The molecule has 5 rings (SSSR count). The predicted octanol–water partition coefficient (Wildman–Crippen LogP) is 4.50. The lowest BCUT2D eigenvalue weighted by atomic mass is 9.86. The number of carbonyl (C=O) groups excluding carboxylic acids is 3. The van der Waals surface area contributed by atoms with Crippen molar-refractivity contribution in [3.8, 4) is 11.5 Å². The molecule has 2 aliphatic rings. The topological polar surface area (TPSA) is 76.2 Å². The van der Waals surface area contributed by atoms with Gasteiger partial charge in [0.1, 0.15) is 17.5 Å². The minimum Gasteiger partial charge on any atom is -0.495 e. The van der Waals surface area contributed by atoms with Gasteiger partial charge in [0, 0.05) is 5.69 Å². The van der Waals surface area contributed by atoms with Gasteiger partial charge in [0.2, 0.25) is 0 Å². The molecule has 1 saturated heterocycles. The second-order valence-corrected chi connectivity index (χ2v) is 8.35. The highest BCUT2D eigenvalue weighted by atomic mass is 35.5. The second-order valence-electron chi connectivity index (χ2n) is 7.94. The molecule has 0 aromatic heterocycles. The van der Waals surface area contributed by atoms with E-state index in [4.69, 9.17) is 21.1 Å². The maximum absolute atomic E-state index is 13.5. The van der Waals surface area contributed by atoms with Crippen molar-refractivity contribution >= 4 is 35.0 Å². The fraction of sp³-hybridized carbons (Fsp3) is 0.192. The highest BCUT2D eigenvalue weighted by Crippen LogP contribution is 2.45. The molecule has 0 radical (unpaired) electrons. The Balaban J connectivity index is 1.56. The Labute approximate surface area is 201 Å². The monoisotopic (exact) mass is 476 g/mol. The third-order valence-corrected chi connectivity index (χ3v) is 6.41. The van der Waals surface area contributed by atoms with Gasteiger partial charge in [0.25, 0.3) is 17.7 Å². The number of imide groups is 1. The average Bonchev–Trinajstić information content (AvgIpc) is 3.09. The van der Waals surface area contributed by atoms with E-state index in [-0.39, 0.29) is 5.91 Å². The van der Waals surface area contributed by atoms with E-state index in [0.717, 1.165) is 10.5 Å². The van der Waals surface area contributed by atoms with Crippen LogP contribution < -0.4 is 14.4 Å². The Morgan fingerprint density at radius 3 is 2.06 bits per heavy atom. The molecule has 2 atom stereocenters. The zero-order chi connectivity index (χ0) is 24.0. The van der Waals surface area contributed by atoms with Crippen molar-refractivity contribution in [2.45, 2.75) is 19.0 Å². The molecule has 7 nitrogen and oxygen atoms in total. The molecular weight excluding hydrogens is 456 g/mol. The number of hydrogen-bond donors (Lipinski definition) is 0. The van der Waals surface area contributed by atoms with Gasteiger partial charge in [0.15, 0.2) is 0 Å². The molecule has 3 aromatic carbocycles. The second kappa shape index (κ2) is 8.50. The van der Waals surface area contributed by atoms with E-state index < -0.39 is 23.9 Å². The van der Waals surface area contributed by atoms with Gasteiger partial charge in [-0.2, -0.15) is 0 Å². The zero-order valence-corrected chi connectivity index (χ0v) is 19.3. The van der Waals surface area contributed by atoms with Crippen molar-refractivity contribution in [1.29, 1.82) is 0 Å². The number of hydrogen-bond acceptors (Lipinski definition) is 5. The molecule has 1 fully saturated rings. The maximum Gasteiger partial charge on any atom is 0.262 e. The van der Waals surface area contributed by atoms with Gasteiger partial charge in [-0.3, -0.25) is 19.3 Å². The van der Waals surface area contributed by atoms with E-state index in [1.807, 2.05) is 19.1 Å². The molecule has 2 aliphatic heterocycles. The summed E-state index contributed by atoms with van der Waals surface area (Å²) in [4.78, 5) is 42.4. The predicted molar refractivity (Wildman–Crippen MR) is 127 cm³/mol. The summed E-state index contributed by atoms with van der Waals surface area (Å²) < 4.78 is 10.8. The lowest BCUT2D eigenvalue weighted by Crippen LogP contribution is -2.67. The minimum atomic E-state index is -0.980. The molecule has 0 saturated carbocycles. The number of β-lactam (4-membered cyclic amide) rings is 1. The number of amides is 3. The molecule has 3 amide bonds. The first kappa shape index (κ1) is 22.0. The Bertz CT molecular complexity index is 1270. The van der Waals surface area contributed by atoms with Crippen molar-refractivity contribution in [2.75, 3.05) is 18.6 Å². The fourth-order valence-electron chi connectivity index (χ4n) is 4.54. The Morgan fingerprint density at radius 1 is 0.853 bits per heavy atom. The Hall–Kier alpha value is -3.84. The molecule has 3 aromatic rings. The maximum atomic E-state index is 13.5. The third kappa shape index (κ3) is 3.31. The molecule has 34 heavy (non-hydrogen) atoms. The molecule has 0 bridgehead atoms. The van der Waals surface area contributed by atoms with E-state index in [9.17, 15) is 14.4 Å². The van der Waals surface area contributed by atoms with Crippen LogP contribution in [0.5, 0.6) is 11.5 Å². The summed E-state index contributed by atoms with van der Waals surface area (Å²) >= 11 is 6.32. The number of halogens is 1. The molecular formula is C26H21ClN2O5. The SMILES string of the molecule is CCOc1ccc([C@@H]2[C@H](N3C(=O)c4ccccc4C3=O)C(=O)N2c2ccc(OC)c(Cl)c2)cc1. The van der Waals surface area contributed by atoms with Crippen LogP contribution in [0.4, 0.5) is 5.69 Å². The molecule has 0 unspecified atom stereocenters. The first-order chi connectivity index (χ1) is 16.5. The van der Waals surface area contributed by atoms with Gasteiger partial charge in [0.05, 0.1) is 35.9 Å². The van der Waals surface area contributed by atoms with Crippen LogP contribution in [0.1, 0.15) is 39.2 Å². The number of benzene rings is 3. The first-order valence-corrected chi connectivity index (χ1v) is 11.2. The van der Waals surface area contributed by atoms with Gasteiger partial charge in [-0.1, -0.05) is 35.9 Å². The number of ether oxygens (including phenoxy) is 2. The van der Waals surface area contributed by atoms with Crippen LogP contribution >= 0.6 is 11.6 Å². The van der Waals surface area contributed by atoms with E-state index in [2.05, 4.69) is 0 Å². The van der Waals surface area contributed by atoms with Gasteiger partial charge in [-0.25, -0.2) is 0 Å². The number of fused-ring (bicyclic) bond motifs is 1. The van der Waals surface area contributed by atoms with E-state index >= 15 is 0 Å². The summed E-state index contributed by atoms with van der Waals surface area (Å²) in [5.74, 6) is -0.139. The van der Waals surface area contributed by atoms with Crippen molar-refractivity contribution in [3.05, 3.63) is 88.4 Å². The van der Waals surface area contributed by atoms with Crippen molar-refractivity contribution in [2.24, 2.45) is 0 Å². The summed E-state index contributed by atoms with van der Waals surface area (Å²) in [6.45, 7) is 2.42. The number of methoxy groups -OCH3 is 1. The number of rotatable bonds is 6. The summed E-state index contributed by atoms with van der Waals surface area (Å²) in [6, 6.07) is 17.4. The molecule has 8 heteroatoms. The highest BCUT2D eigenvalue weighted by molar-refractivity contribution is 6.32. The lowest BCUT2D eigenvalue weighted by Gasteiger charge is -2.49. The Morgan fingerprint density at radius 2 is 1.50 bits per heavy atom. The van der Waals surface area contributed by atoms with Crippen LogP contribution in [0.2, 0.25) is 5.02 Å². The molecule has 0 N–H and O–H groups in total. The average molecular weight is 477 g/mol. The summed E-state index contributed by atoms with van der Waals surface area (Å²) in [5, 5.41) is 0.349. The van der Waals surface area contributed by atoms with Crippen LogP contribution in [-0.4, -0.2) is 42.4 Å². The zero-order valence-electron chi connectivity index (χ0n) is 18.5. The summed E-state index contributed by atoms with van der Waals surface area (Å²) in [6.07, 6.45) is 0. The first-order valence-electron chi connectivity index (χ1n) is 10.8. The molecule has 0 aliphatic carbocycles. The van der Waals surface area contributed by atoms with Gasteiger partial charge >= 0.3 is 0 Å².